The minimum absolute atomic E-state index is 0.0303. The molecular weight excluding hydrogens is 228 g/mol. The molecule has 0 fully saturated rings. The quantitative estimate of drug-likeness (QED) is 0.755. The van der Waals surface area contributed by atoms with Gasteiger partial charge in [0, 0.05) is 16.7 Å². The summed E-state index contributed by atoms with van der Waals surface area (Å²) in [5.41, 5.74) is 0.0303. The van der Waals surface area contributed by atoms with E-state index in [1.54, 1.807) is 0 Å². The highest BCUT2D eigenvalue weighted by Gasteiger charge is 2.23. The third-order valence-electron chi connectivity index (χ3n) is 2.43. The van der Waals surface area contributed by atoms with Crippen molar-refractivity contribution in [2.75, 3.05) is 0 Å². The standard InChI is InChI=1S/C11H19ClN2S/c1-6-8(12)7(2)9-13-10(14-15-9)11(3,4)5/h7-8H,6H2,1-5H3. The molecule has 0 spiro atoms. The highest BCUT2D eigenvalue weighted by atomic mass is 35.5. The molecule has 0 saturated carbocycles. The van der Waals surface area contributed by atoms with Gasteiger partial charge in [-0.3, -0.25) is 0 Å². The summed E-state index contributed by atoms with van der Waals surface area (Å²) in [4.78, 5) is 4.57. The van der Waals surface area contributed by atoms with Crippen molar-refractivity contribution in [3.05, 3.63) is 10.8 Å². The second-order valence-corrected chi connectivity index (χ2v) is 6.26. The molecule has 1 aromatic heterocycles. The van der Waals surface area contributed by atoms with Gasteiger partial charge in [-0.15, -0.1) is 11.6 Å². The molecule has 0 aliphatic heterocycles. The highest BCUT2D eigenvalue weighted by Crippen LogP contribution is 2.29. The summed E-state index contributed by atoms with van der Waals surface area (Å²) in [6.07, 6.45) is 0.965. The normalized spacial score (nSPS) is 16.4. The third-order valence-corrected chi connectivity index (χ3v) is 4.04. The number of hydrogen-bond donors (Lipinski definition) is 0. The zero-order chi connectivity index (χ0) is 11.6. The molecule has 1 aromatic rings. The van der Waals surface area contributed by atoms with Gasteiger partial charge in [-0.25, -0.2) is 4.98 Å². The third kappa shape index (κ3) is 3.15. The molecule has 0 N–H and O–H groups in total. The Morgan fingerprint density at radius 3 is 2.40 bits per heavy atom. The first-order valence-electron chi connectivity index (χ1n) is 5.34. The summed E-state index contributed by atoms with van der Waals surface area (Å²) >= 11 is 7.70. The number of halogens is 1. The van der Waals surface area contributed by atoms with Gasteiger partial charge in [-0.1, -0.05) is 34.6 Å². The number of aromatic nitrogens is 2. The van der Waals surface area contributed by atoms with Gasteiger partial charge in [0.25, 0.3) is 0 Å². The number of rotatable bonds is 3. The molecule has 1 rings (SSSR count). The fourth-order valence-corrected chi connectivity index (χ4v) is 2.38. The Morgan fingerprint density at radius 1 is 1.40 bits per heavy atom. The molecule has 2 unspecified atom stereocenters. The Bertz CT molecular complexity index is 317. The van der Waals surface area contributed by atoms with Crippen LogP contribution in [0.4, 0.5) is 0 Å². The summed E-state index contributed by atoms with van der Waals surface area (Å²) < 4.78 is 4.40. The van der Waals surface area contributed by atoms with E-state index < -0.39 is 0 Å². The summed E-state index contributed by atoms with van der Waals surface area (Å²) in [6.45, 7) is 10.6. The number of alkyl halides is 1. The van der Waals surface area contributed by atoms with Crippen LogP contribution in [-0.4, -0.2) is 14.7 Å². The van der Waals surface area contributed by atoms with E-state index >= 15 is 0 Å². The SMILES string of the molecule is CCC(Cl)C(C)c1nc(C(C)(C)C)ns1. The van der Waals surface area contributed by atoms with Crippen LogP contribution in [-0.2, 0) is 5.41 Å². The van der Waals surface area contributed by atoms with Crippen LogP contribution < -0.4 is 0 Å². The summed E-state index contributed by atoms with van der Waals surface area (Å²) in [5.74, 6) is 1.22. The van der Waals surface area contributed by atoms with Crippen LogP contribution >= 0.6 is 23.1 Å². The lowest BCUT2D eigenvalue weighted by atomic mass is 9.96. The minimum atomic E-state index is 0.0303. The molecule has 4 heteroatoms. The van der Waals surface area contributed by atoms with Gasteiger partial charge in [0.15, 0.2) is 0 Å². The van der Waals surface area contributed by atoms with Crippen LogP contribution in [0.25, 0.3) is 0 Å². The van der Waals surface area contributed by atoms with Crippen LogP contribution in [0.1, 0.15) is 57.8 Å². The molecule has 0 bridgehead atoms. The van der Waals surface area contributed by atoms with Gasteiger partial charge < -0.3 is 0 Å². The molecule has 1 heterocycles. The Labute approximate surface area is 101 Å². The smallest absolute Gasteiger partial charge is 0.147 e. The van der Waals surface area contributed by atoms with Crippen molar-refractivity contribution >= 4 is 23.1 Å². The molecule has 2 atom stereocenters. The van der Waals surface area contributed by atoms with Crippen molar-refractivity contribution in [1.29, 1.82) is 0 Å². The fourth-order valence-electron chi connectivity index (χ4n) is 1.23. The lowest BCUT2D eigenvalue weighted by Crippen LogP contribution is -2.14. The van der Waals surface area contributed by atoms with Crippen molar-refractivity contribution in [2.24, 2.45) is 0 Å². The van der Waals surface area contributed by atoms with Crippen molar-refractivity contribution in [2.45, 2.75) is 57.7 Å². The maximum atomic E-state index is 6.21. The highest BCUT2D eigenvalue weighted by molar-refractivity contribution is 7.05. The topological polar surface area (TPSA) is 25.8 Å². The van der Waals surface area contributed by atoms with Gasteiger partial charge in [0.05, 0.1) is 0 Å². The number of nitrogens with zero attached hydrogens (tertiary/aromatic N) is 2. The molecule has 15 heavy (non-hydrogen) atoms. The Morgan fingerprint density at radius 2 is 2.00 bits per heavy atom. The van der Waals surface area contributed by atoms with Crippen LogP contribution in [0.3, 0.4) is 0 Å². The first-order chi connectivity index (χ1) is 6.86. The molecule has 0 aliphatic carbocycles. The lowest BCUT2D eigenvalue weighted by Gasteiger charge is -2.14. The molecule has 0 radical (unpaired) electrons. The summed E-state index contributed by atoms with van der Waals surface area (Å²) in [6, 6.07) is 0. The molecule has 86 valence electrons. The van der Waals surface area contributed by atoms with Crippen LogP contribution in [0.5, 0.6) is 0 Å². The first-order valence-corrected chi connectivity index (χ1v) is 6.55. The van der Waals surface area contributed by atoms with Crippen molar-refractivity contribution < 1.29 is 0 Å². The van der Waals surface area contributed by atoms with E-state index in [4.69, 9.17) is 11.6 Å². The largest absolute Gasteiger partial charge is 0.224 e. The van der Waals surface area contributed by atoms with E-state index in [-0.39, 0.29) is 10.8 Å². The van der Waals surface area contributed by atoms with E-state index in [1.165, 1.54) is 11.5 Å². The fraction of sp³-hybridized carbons (Fsp3) is 0.818. The molecule has 2 nitrogen and oxygen atoms in total. The first kappa shape index (κ1) is 12.9. The van der Waals surface area contributed by atoms with Gasteiger partial charge in [-0.05, 0) is 18.0 Å². The van der Waals surface area contributed by atoms with E-state index in [9.17, 15) is 0 Å². The second-order valence-electron chi connectivity index (χ2n) is 4.92. The van der Waals surface area contributed by atoms with E-state index in [0.29, 0.717) is 5.92 Å². The lowest BCUT2D eigenvalue weighted by molar-refractivity contribution is 0.549. The maximum Gasteiger partial charge on any atom is 0.147 e. The van der Waals surface area contributed by atoms with Crippen molar-refractivity contribution in [1.82, 2.24) is 9.36 Å². The van der Waals surface area contributed by atoms with Gasteiger partial charge in [0.2, 0.25) is 0 Å². The average molecular weight is 247 g/mol. The van der Waals surface area contributed by atoms with Crippen LogP contribution in [0, 0.1) is 0 Å². The Balaban J connectivity index is 2.85. The van der Waals surface area contributed by atoms with Crippen LogP contribution in [0.15, 0.2) is 0 Å². The monoisotopic (exact) mass is 246 g/mol. The summed E-state index contributed by atoms with van der Waals surface area (Å²) in [7, 11) is 0. The Hall–Kier alpha value is -0.150. The Kier molecular flexibility index (Phi) is 4.13. The zero-order valence-electron chi connectivity index (χ0n) is 10.0. The molecule has 0 aliphatic rings. The van der Waals surface area contributed by atoms with E-state index in [2.05, 4.69) is 44.0 Å². The average Bonchev–Trinajstić information content (AvgIpc) is 2.63. The molecular formula is C11H19ClN2S. The maximum absolute atomic E-state index is 6.21. The van der Waals surface area contributed by atoms with Gasteiger partial charge >= 0.3 is 0 Å². The molecule has 0 amide bonds. The zero-order valence-corrected chi connectivity index (χ0v) is 11.6. The van der Waals surface area contributed by atoms with Crippen molar-refractivity contribution in [3.63, 3.8) is 0 Å². The van der Waals surface area contributed by atoms with E-state index in [0.717, 1.165) is 17.3 Å². The van der Waals surface area contributed by atoms with E-state index in [1.807, 2.05) is 0 Å². The van der Waals surface area contributed by atoms with Gasteiger partial charge in [-0.2, -0.15) is 4.37 Å². The van der Waals surface area contributed by atoms with Crippen LogP contribution in [0.2, 0.25) is 0 Å². The molecule has 0 saturated heterocycles. The second kappa shape index (κ2) is 4.79. The number of hydrogen-bond acceptors (Lipinski definition) is 3. The predicted octanol–water partition coefficient (Wildman–Crippen LogP) is 3.96. The molecule has 0 aromatic carbocycles. The minimum Gasteiger partial charge on any atom is -0.224 e. The summed E-state index contributed by atoms with van der Waals surface area (Å²) in [5, 5.41) is 1.22. The predicted molar refractivity (Wildman–Crippen MR) is 67.0 cm³/mol. The van der Waals surface area contributed by atoms with Crippen molar-refractivity contribution in [3.8, 4) is 0 Å². The van der Waals surface area contributed by atoms with Gasteiger partial charge in [0.1, 0.15) is 10.8 Å².